The highest BCUT2D eigenvalue weighted by Crippen LogP contribution is 2.55. The second-order valence-corrected chi connectivity index (χ2v) is 13.7. The molecule has 232 valence electrons. The van der Waals surface area contributed by atoms with Gasteiger partial charge in [-0.1, -0.05) is 0 Å². The van der Waals surface area contributed by atoms with Gasteiger partial charge in [-0.2, -0.15) is 10.4 Å². The van der Waals surface area contributed by atoms with E-state index < -0.39 is 28.7 Å². The Morgan fingerprint density at radius 2 is 1.82 bits per heavy atom. The maximum atomic E-state index is 14.5. The summed E-state index contributed by atoms with van der Waals surface area (Å²) in [6.07, 6.45) is 5.60. The Hall–Kier alpha value is -4.08. The molecule has 3 aromatic rings. The van der Waals surface area contributed by atoms with Crippen LogP contribution in [0.4, 0.5) is 10.1 Å². The summed E-state index contributed by atoms with van der Waals surface area (Å²) in [7, 11) is 0. The van der Waals surface area contributed by atoms with Gasteiger partial charge in [0.05, 0.1) is 70.8 Å². The molecule has 7 rings (SSSR count). The summed E-state index contributed by atoms with van der Waals surface area (Å²) in [5, 5.41) is 40.1. The Morgan fingerprint density at radius 3 is 2.43 bits per heavy atom. The van der Waals surface area contributed by atoms with Crippen LogP contribution in [0.1, 0.15) is 75.2 Å². The van der Waals surface area contributed by atoms with Crippen molar-refractivity contribution in [2.75, 3.05) is 25.0 Å². The van der Waals surface area contributed by atoms with E-state index in [9.17, 15) is 29.5 Å². The minimum Gasteiger partial charge on any atom is -0.387 e. The van der Waals surface area contributed by atoms with Crippen LogP contribution >= 0.6 is 0 Å². The highest BCUT2D eigenvalue weighted by molar-refractivity contribution is 6.00. The van der Waals surface area contributed by atoms with Crippen LogP contribution < -0.4 is 10.6 Å². The number of nitriles is 1. The van der Waals surface area contributed by atoms with Crippen LogP contribution in [-0.4, -0.2) is 84.1 Å². The number of carbonyl (C=O) groups excluding carboxylic acids is 2. The zero-order valence-electron chi connectivity index (χ0n) is 25.2. The van der Waals surface area contributed by atoms with E-state index in [1.54, 1.807) is 28.5 Å². The minimum atomic E-state index is -1.66. The predicted octanol–water partition coefficient (Wildman–Crippen LogP) is 3.20. The number of anilines is 1. The number of carbonyl (C=O) groups is 2. The molecule has 4 N–H and O–H groups in total. The average molecular weight is 604 g/mol. The standard InChI is InChI=1S/C32H38FN7O4/c1-29(2,43)26(33)17-36-27(41)22-16-35-24(25-5-4-21-12-20(14-34)15-37-40(21)25)13-23(22)38-32-9-6-31(7-10-32,8-11-32)28(42)39-18-30(3,44)19-39/h4-5,12-13,15-16,26,43-44H,6-11,17-19H2,1-3H3,(H,35,38)(H,36,41). The molecule has 0 spiro atoms. The molecule has 3 saturated carbocycles. The number of nitrogens with zero attached hydrogens (tertiary/aromatic N) is 5. The fourth-order valence-electron chi connectivity index (χ4n) is 6.90. The lowest BCUT2D eigenvalue weighted by atomic mass is 9.56. The molecule has 4 fully saturated rings. The molecule has 1 aliphatic heterocycles. The lowest BCUT2D eigenvalue weighted by molar-refractivity contribution is -0.169. The minimum absolute atomic E-state index is 0.128. The van der Waals surface area contributed by atoms with E-state index >= 15 is 0 Å². The number of alkyl halides is 1. The molecule has 4 aliphatic rings. The fourth-order valence-corrected chi connectivity index (χ4v) is 6.90. The smallest absolute Gasteiger partial charge is 0.255 e. The van der Waals surface area contributed by atoms with Crippen LogP contribution in [0.2, 0.25) is 0 Å². The molecule has 12 heteroatoms. The molecule has 1 saturated heterocycles. The highest BCUT2D eigenvalue weighted by Gasteiger charge is 2.55. The van der Waals surface area contributed by atoms with E-state index in [0.29, 0.717) is 55.0 Å². The predicted molar refractivity (Wildman–Crippen MR) is 160 cm³/mol. The SMILES string of the molecule is CC1(O)CN(C(=O)C23CCC(Nc4cc(-c5ccc6cc(C#N)cnn56)ncc4C(=O)NCC(F)C(C)(C)O)(CC2)CC3)C1. The Bertz CT molecular complexity index is 1640. The molecule has 11 nitrogen and oxygen atoms in total. The maximum Gasteiger partial charge on any atom is 0.255 e. The van der Waals surface area contributed by atoms with Crippen LogP contribution in [0.5, 0.6) is 0 Å². The van der Waals surface area contributed by atoms with Crippen molar-refractivity contribution in [3.05, 3.63) is 47.8 Å². The number of likely N-dealkylation sites (tertiary alicyclic amines) is 1. The third-order valence-electron chi connectivity index (χ3n) is 9.70. The van der Waals surface area contributed by atoms with Crippen molar-refractivity contribution >= 4 is 23.0 Å². The number of aliphatic hydroxyl groups is 2. The van der Waals surface area contributed by atoms with Crippen LogP contribution in [0.15, 0.2) is 36.7 Å². The zero-order valence-corrected chi connectivity index (χ0v) is 25.2. The maximum absolute atomic E-state index is 14.5. The topological polar surface area (TPSA) is 156 Å². The van der Waals surface area contributed by atoms with Gasteiger partial charge in [0.1, 0.15) is 12.2 Å². The summed E-state index contributed by atoms with van der Waals surface area (Å²) in [6, 6.07) is 9.29. The molecular weight excluding hydrogens is 565 g/mol. The summed E-state index contributed by atoms with van der Waals surface area (Å²) in [5.74, 6) is -0.393. The van der Waals surface area contributed by atoms with Crippen LogP contribution in [0, 0.1) is 16.7 Å². The Kier molecular flexibility index (Phi) is 7.17. The number of aromatic nitrogens is 3. The quantitative estimate of drug-likeness (QED) is 0.306. The third kappa shape index (κ3) is 5.39. The normalized spacial score (nSPS) is 24.8. The van der Waals surface area contributed by atoms with Crippen molar-refractivity contribution in [1.82, 2.24) is 24.8 Å². The molecule has 0 radical (unpaired) electrons. The van der Waals surface area contributed by atoms with Crippen LogP contribution in [-0.2, 0) is 4.79 Å². The number of amides is 2. The number of hydrogen-bond donors (Lipinski definition) is 4. The van der Waals surface area contributed by atoms with E-state index in [2.05, 4.69) is 26.8 Å². The summed E-state index contributed by atoms with van der Waals surface area (Å²) in [4.78, 5) is 33.1. The first-order chi connectivity index (χ1) is 20.7. The monoisotopic (exact) mass is 603 g/mol. The zero-order chi connectivity index (χ0) is 31.5. The summed E-state index contributed by atoms with van der Waals surface area (Å²) < 4.78 is 16.2. The first-order valence-corrected chi connectivity index (χ1v) is 15.1. The van der Waals surface area contributed by atoms with Gasteiger partial charge >= 0.3 is 0 Å². The third-order valence-corrected chi connectivity index (χ3v) is 9.70. The van der Waals surface area contributed by atoms with Crippen LogP contribution in [0.3, 0.4) is 0 Å². The van der Waals surface area contributed by atoms with E-state index in [-0.39, 0.29) is 23.6 Å². The van der Waals surface area contributed by atoms with Crippen molar-refractivity contribution in [3.63, 3.8) is 0 Å². The number of hydrogen-bond acceptors (Lipinski definition) is 8. The molecule has 3 aromatic heterocycles. The van der Waals surface area contributed by atoms with E-state index in [4.69, 9.17) is 0 Å². The van der Waals surface area contributed by atoms with Gasteiger partial charge in [-0.05, 0) is 83.6 Å². The number of pyridine rings is 1. The second kappa shape index (κ2) is 10.5. The van der Waals surface area contributed by atoms with Gasteiger partial charge in [0.25, 0.3) is 5.91 Å². The molecule has 1 atom stereocenters. The number of nitrogens with one attached hydrogen (secondary N) is 2. The summed E-state index contributed by atoms with van der Waals surface area (Å²) in [5.41, 5.74) is -0.0202. The molecule has 1 unspecified atom stereocenters. The molecule has 2 bridgehead atoms. The number of halogens is 1. The van der Waals surface area contributed by atoms with Gasteiger partial charge in [0.15, 0.2) is 0 Å². The van der Waals surface area contributed by atoms with Gasteiger partial charge in [0, 0.05) is 17.2 Å². The molecule has 3 aliphatic carbocycles. The van der Waals surface area contributed by atoms with Gasteiger partial charge in [-0.3, -0.25) is 14.6 Å². The molecular formula is C32H38FN7O4. The Morgan fingerprint density at radius 1 is 1.14 bits per heavy atom. The van der Waals surface area contributed by atoms with Crippen molar-refractivity contribution in [1.29, 1.82) is 5.26 Å². The van der Waals surface area contributed by atoms with Crippen molar-refractivity contribution in [2.24, 2.45) is 5.41 Å². The number of fused-ring (bicyclic) bond motifs is 4. The summed E-state index contributed by atoms with van der Waals surface area (Å²) >= 11 is 0. The first-order valence-electron chi connectivity index (χ1n) is 15.1. The first kappa shape index (κ1) is 30.0. The van der Waals surface area contributed by atoms with E-state index in [1.165, 1.54) is 26.2 Å². The Labute approximate surface area is 255 Å². The van der Waals surface area contributed by atoms with Gasteiger partial charge < -0.3 is 25.7 Å². The van der Waals surface area contributed by atoms with Gasteiger partial charge in [-0.25, -0.2) is 8.91 Å². The second-order valence-electron chi connectivity index (χ2n) is 13.7. The van der Waals surface area contributed by atoms with Gasteiger partial charge in [-0.15, -0.1) is 0 Å². The molecule has 4 heterocycles. The van der Waals surface area contributed by atoms with Crippen molar-refractivity contribution < 1.29 is 24.2 Å². The Balaban J connectivity index is 1.28. The molecule has 2 amide bonds. The van der Waals surface area contributed by atoms with E-state index in [1.807, 2.05) is 12.1 Å². The highest BCUT2D eigenvalue weighted by atomic mass is 19.1. The lowest BCUT2D eigenvalue weighted by Gasteiger charge is -2.56. The van der Waals surface area contributed by atoms with Gasteiger partial charge in [0.2, 0.25) is 5.91 Å². The van der Waals surface area contributed by atoms with E-state index in [0.717, 1.165) is 24.8 Å². The van der Waals surface area contributed by atoms with Crippen molar-refractivity contribution in [2.45, 2.75) is 82.2 Å². The van der Waals surface area contributed by atoms with Crippen molar-refractivity contribution in [3.8, 4) is 17.5 Å². The lowest BCUT2D eigenvalue weighted by Crippen LogP contribution is -2.66. The fraction of sp³-hybridized carbons (Fsp3) is 0.531. The molecule has 44 heavy (non-hydrogen) atoms. The average Bonchev–Trinajstić information content (AvgIpc) is 3.41. The number of β-amino-alcohol motifs (C(OH)–C–C–N with tert-alkyl or cyclic N) is 1. The van der Waals surface area contributed by atoms with Crippen LogP contribution in [0.25, 0.3) is 16.9 Å². The molecule has 0 aromatic carbocycles. The number of rotatable bonds is 8. The summed E-state index contributed by atoms with van der Waals surface area (Å²) in [6.45, 7) is 4.81. The largest absolute Gasteiger partial charge is 0.387 e.